The van der Waals surface area contributed by atoms with Gasteiger partial charge in [0.05, 0.1) is 5.69 Å². The zero-order chi connectivity index (χ0) is 13.8. The molecule has 0 saturated carbocycles. The number of carbonyl (C=O) groups is 1. The van der Waals surface area contributed by atoms with Gasteiger partial charge in [-0.05, 0) is 12.1 Å². The van der Waals surface area contributed by atoms with E-state index in [9.17, 15) is 13.2 Å². The van der Waals surface area contributed by atoms with Gasteiger partial charge in [-0.3, -0.25) is 4.72 Å². The van der Waals surface area contributed by atoms with Crippen molar-refractivity contribution in [3.05, 3.63) is 24.3 Å². The van der Waals surface area contributed by atoms with E-state index in [0.717, 1.165) is 4.31 Å². The first-order valence-corrected chi connectivity index (χ1v) is 6.41. The van der Waals surface area contributed by atoms with Crippen molar-refractivity contribution < 1.29 is 23.1 Å². The molecule has 0 aromatic heterocycles. The molecule has 2 N–H and O–H groups in total. The number of nitrogens with one attached hydrogen (secondary N) is 1. The number of carboxylic acids is 1. The third kappa shape index (κ3) is 3.90. The second kappa shape index (κ2) is 5.69. The molecule has 0 aliphatic rings. The van der Waals surface area contributed by atoms with Gasteiger partial charge in [0, 0.05) is 14.1 Å². The molecule has 100 valence electrons. The van der Waals surface area contributed by atoms with Crippen LogP contribution in [0, 0.1) is 0 Å². The van der Waals surface area contributed by atoms with Crippen LogP contribution in [0.2, 0.25) is 0 Å². The summed E-state index contributed by atoms with van der Waals surface area (Å²) in [5, 5.41) is 8.51. The van der Waals surface area contributed by atoms with Gasteiger partial charge in [0.15, 0.2) is 6.61 Å². The molecule has 0 aliphatic carbocycles. The van der Waals surface area contributed by atoms with Crippen LogP contribution in [0.1, 0.15) is 0 Å². The van der Waals surface area contributed by atoms with Crippen LogP contribution in [0.25, 0.3) is 0 Å². The van der Waals surface area contributed by atoms with E-state index >= 15 is 0 Å². The van der Waals surface area contributed by atoms with Crippen molar-refractivity contribution in [3.8, 4) is 5.75 Å². The highest BCUT2D eigenvalue weighted by Crippen LogP contribution is 2.24. The molecule has 1 aromatic carbocycles. The lowest BCUT2D eigenvalue weighted by Crippen LogP contribution is -2.29. The number of rotatable bonds is 6. The summed E-state index contributed by atoms with van der Waals surface area (Å²) in [6.45, 7) is -0.541. The smallest absolute Gasteiger partial charge is 0.341 e. The second-order valence-corrected chi connectivity index (χ2v) is 5.45. The third-order valence-corrected chi connectivity index (χ3v) is 3.40. The van der Waals surface area contributed by atoms with Gasteiger partial charge in [-0.25, -0.2) is 4.79 Å². The molecular formula is C10H14N2O5S. The van der Waals surface area contributed by atoms with Crippen LogP contribution < -0.4 is 9.46 Å². The van der Waals surface area contributed by atoms with E-state index in [4.69, 9.17) is 9.84 Å². The molecule has 0 amide bonds. The summed E-state index contributed by atoms with van der Waals surface area (Å²) in [7, 11) is -0.900. The van der Waals surface area contributed by atoms with Crippen molar-refractivity contribution >= 4 is 21.9 Å². The predicted molar refractivity (Wildman–Crippen MR) is 65.8 cm³/mol. The molecule has 18 heavy (non-hydrogen) atoms. The molecule has 0 atom stereocenters. The number of anilines is 1. The summed E-state index contributed by atoms with van der Waals surface area (Å²) >= 11 is 0. The maximum absolute atomic E-state index is 11.6. The highest BCUT2D eigenvalue weighted by molar-refractivity contribution is 7.90. The van der Waals surface area contributed by atoms with Gasteiger partial charge in [-0.2, -0.15) is 12.7 Å². The summed E-state index contributed by atoms with van der Waals surface area (Å²) < 4.78 is 31.5. The Labute approximate surface area is 105 Å². The van der Waals surface area contributed by atoms with E-state index in [2.05, 4.69) is 4.72 Å². The Bertz CT molecular complexity index is 527. The summed E-state index contributed by atoms with van der Waals surface area (Å²) in [5.74, 6) is -0.981. The number of hydrogen-bond acceptors (Lipinski definition) is 4. The Kier molecular flexibility index (Phi) is 4.51. The van der Waals surface area contributed by atoms with Crippen LogP contribution in [-0.2, 0) is 15.0 Å². The molecule has 0 radical (unpaired) electrons. The summed E-state index contributed by atoms with van der Waals surface area (Å²) in [5.41, 5.74) is 0.187. The van der Waals surface area contributed by atoms with Crippen LogP contribution >= 0.6 is 0 Å². The Hall–Kier alpha value is -1.80. The molecule has 7 nitrogen and oxygen atoms in total. The van der Waals surface area contributed by atoms with Gasteiger partial charge in [0.25, 0.3) is 0 Å². The fourth-order valence-electron chi connectivity index (χ4n) is 1.05. The van der Waals surface area contributed by atoms with Gasteiger partial charge in [-0.15, -0.1) is 0 Å². The number of hydrogen-bond donors (Lipinski definition) is 2. The van der Waals surface area contributed by atoms with Crippen LogP contribution in [0.4, 0.5) is 5.69 Å². The van der Waals surface area contributed by atoms with Crippen molar-refractivity contribution in [2.75, 3.05) is 25.4 Å². The first-order valence-electron chi connectivity index (χ1n) is 4.97. The normalized spacial score (nSPS) is 11.3. The number of nitrogens with zero attached hydrogens (tertiary/aromatic N) is 1. The molecule has 0 fully saturated rings. The highest BCUT2D eigenvalue weighted by atomic mass is 32.2. The van der Waals surface area contributed by atoms with Gasteiger partial charge in [-0.1, -0.05) is 12.1 Å². The molecule has 0 heterocycles. The number of carboxylic acid groups (broad SMARTS) is 1. The number of benzene rings is 1. The molecule has 0 unspecified atom stereocenters. The van der Waals surface area contributed by atoms with E-state index in [1.807, 2.05) is 0 Å². The summed E-state index contributed by atoms with van der Waals surface area (Å²) in [4.78, 5) is 10.4. The number of ether oxygens (including phenoxy) is 1. The summed E-state index contributed by atoms with van der Waals surface area (Å²) in [6, 6.07) is 6.19. The molecule has 8 heteroatoms. The molecule has 0 spiro atoms. The average molecular weight is 274 g/mol. The van der Waals surface area contributed by atoms with Gasteiger partial charge >= 0.3 is 16.2 Å². The minimum Gasteiger partial charge on any atom is -0.480 e. The van der Waals surface area contributed by atoms with E-state index in [-0.39, 0.29) is 11.4 Å². The van der Waals surface area contributed by atoms with Crippen LogP contribution in [0.3, 0.4) is 0 Å². The predicted octanol–water partition coefficient (Wildman–Crippen LogP) is 0.368. The lowest BCUT2D eigenvalue weighted by Gasteiger charge is -2.15. The van der Waals surface area contributed by atoms with Crippen molar-refractivity contribution in [1.29, 1.82) is 0 Å². The zero-order valence-electron chi connectivity index (χ0n) is 9.95. The third-order valence-electron chi connectivity index (χ3n) is 1.96. The zero-order valence-corrected chi connectivity index (χ0v) is 10.8. The Morgan fingerprint density at radius 2 is 2.00 bits per heavy atom. The molecule has 0 bridgehead atoms. The summed E-state index contributed by atoms with van der Waals surface area (Å²) in [6.07, 6.45) is 0. The molecular weight excluding hydrogens is 260 g/mol. The molecule has 1 aromatic rings. The largest absolute Gasteiger partial charge is 0.480 e. The second-order valence-electron chi connectivity index (χ2n) is 3.57. The lowest BCUT2D eigenvalue weighted by atomic mass is 10.3. The van der Waals surface area contributed by atoms with Crippen molar-refractivity contribution in [2.24, 2.45) is 0 Å². The maximum Gasteiger partial charge on any atom is 0.341 e. The number of aliphatic carboxylic acids is 1. The fourth-order valence-corrected chi connectivity index (χ4v) is 1.68. The van der Waals surface area contributed by atoms with Crippen LogP contribution in [0.15, 0.2) is 24.3 Å². The van der Waals surface area contributed by atoms with Gasteiger partial charge in [0.1, 0.15) is 5.75 Å². The van der Waals surface area contributed by atoms with E-state index < -0.39 is 22.8 Å². The van der Waals surface area contributed by atoms with Gasteiger partial charge in [0.2, 0.25) is 0 Å². The first-order chi connectivity index (χ1) is 8.33. The Morgan fingerprint density at radius 3 is 2.56 bits per heavy atom. The average Bonchev–Trinajstić information content (AvgIpc) is 2.27. The van der Waals surface area contributed by atoms with E-state index in [1.165, 1.54) is 26.2 Å². The topological polar surface area (TPSA) is 95.9 Å². The van der Waals surface area contributed by atoms with Crippen molar-refractivity contribution in [1.82, 2.24) is 4.31 Å². The number of para-hydroxylation sites is 2. The first kappa shape index (κ1) is 14.3. The van der Waals surface area contributed by atoms with Crippen molar-refractivity contribution in [3.63, 3.8) is 0 Å². The van der Waals surface area contributed by atoms with E-state index in [0.29, 0.717) is 0 Å². The van der Waals surface area contributed by atoms with Gasteiger partial charge < -0.3 is 9.84 Å². The molecule has 1 rings (SSSR count). The Morgan fingerprint density at radius 1 is 1.39 bits per heavy atom. The van der Waals surface area contributed by atoms with E-state index in [1.54, 1.807) is 12.1 Å². The van der Waals surface area contributed by atoms with Crippen LogP contribution in [0.5, 0.6) is 5.75 Å². The minimum atomic E-state index is -3.66. The van der Waals surface area contributed by atoms with Crippen LogP contribution in [-0.4, -0.2) is 44.5 Å². The molecule has 0 aliphatic heterocycles. The standard InChI is InChI=1S/C10H14N2O5S/c1-12(2)18(15,16)11-8-5-3-4-6-9(8)17-7-10(13)14/h3-6,11H,7H2,1-2H3,(H,13,14). The quantitative estimate of drug-likeness (QED) is 0.781. The Balaban J connectivity index is 2.92. The van der Waals surface area contributed by atoms with Crippen molar-refractivity contribution in [2.45, 2.75) is 0 Å². The minimum absolute atomic E-state index is 0.158. The molecule has 0 saturated heterocycles. The lowest BCUT2D eigenvalue weighted by molar-refractivity contribution is -0.139. The SMILES string of the molecule is CN(C)S(=O)(=O)Nc1ccccc1OCC(=O)O. The monoisotopic (exact) mass is 274 g/mol. The highest BCUT2D eigenvalue weighted by Gasteiger charge is 2.15. The fraction of sp³-hybridized carbons (Fsp3) is 0.300. The maximum atomic E-state index is 11.6.